The second kappa shape index (κ2) is 10.6. The number of esters is 1. The molecule has 5 rings (SSSR count). The number of fused-ring (bicyclic) bond motifs is 1. The van der Waals surface area contributed by atoms with Gasteiger partial charge in [-0.3, -0.25) is 19.5 Å². The van der Waals surface area contributed by atoms with E-state index in [0.29, 0.717) is 37.7 Å². The molecule has 2 aromatic heterocycles. The number of nitro groups is 1. The molecule has 198 valence electrons. The van der Waals surface area contributed by atoms with E-state index in [0.717, 1.165) is 21.4 Å². The minimum absolute atomic E-state index is 0.108. The van der Waals surface area contributed by atoms with Crippen molar-refractivity contribution in [2.24, 2.45) is 4.99 Å². The van der Waals surface area contributed by atoms with E-state index in [1.165, 1.54) is 10.6 Å². The number of aromatic nitrogens is 1. The molecule has 2 aromatic carbocycles. The lowest BCUT2D eigenvalue weighted by Gasteiger charge is -2.24. The zero-order valence-electron chi connectivity index (χ0n) is 21.1. The Morgan fingerprint density at radius 2 is 1.95 bits per heavy atom. The highest BCUT2D eigenvalue weighted by Crippen LogP contribution is 2.33. The number of thiazole rings is 1. The number of nitrogens with zero attached hydrogens (tertiary/aromatic N) is 3. The summed E-state index contributed by atoms with van der Waals surface area (Å²) in [6, 6.07) is 15.0. The van der Waals surface area contributed by atoms with E-state index in [4.69, 9.17) is 9.15 Å². The summed E-state index contributed by atoms with van der Waals surface area (Å²) < 4.78 is 13.9. The third kappa shape index (κ3) is 5.02. The number of nitro benzene ring substituents is 1. The molecule has 11 heteroatoms. The van der Waals surface area contributed by atoms with E-state index >= 15 is 0 Å². The molecular formula is C28H22BrN3O6S. The Kier molecular flexibility index (Phi) is 7.19. The van der Waals surface area contributed by atoms with Crippen LogP contribution < -0.4 is 14.9 Å². The fraction of sp³-hybridized carbons (Fsp3) is 0.179. The summed E-state index contributed by atoms with van der Waals surface area (Å²) in [6.07, 6.45) is 1.63. The van der Waals surface area contributed by atoms with Crippen LogP contribution in [0.5, 0.6) is 0 Å². The average molecular weight is 608 g/mol. The molecule has 0 spiro atoms. The van der Waals surface area contributed by atoms with Crippen LogP contribution in [0, 0.1) is 17.0 Å². The quantitative estimate of drug-likeness (QED) is 0.172. The Bertz CT molecular complexity index is 1830. The highest BCUT2D eigenvalue weighted by molar-refractivity contribution is 9.10. The first kappa shape index (κ1) is 26.5. The molecule has 1 aliphatic rings. The smallest absolute Gasteiger partial charge is 0.338 e. The molecule has 4 aromatic rings. The number of ether oxygens (including phenoxy) is 1. The molecule has 3 heterocycles. The normalized spacial score (nSPS) is 15.2. The maximum Gasteiger partial charge on any atom is 0.338 e. The molecule has 0 N–H and O–H groups in total. The summed E-state index contributed by atoms with van der Waals surface area (Å²) >= 11 is 4.57. The zero-order valence-corrected chi connectivity index (χ0v) is 23.5. The monoisotopic (exact) mass is 607 g/mol. The van der Waals surface area contributed by atoms with Crippen molar-refractivity contribution in [2.45, 2.75) is 26.8 Å². The van der Waals surface area contributed by atoms with Crippen LogP contribution in [-0.2, 0) is 9.53 Å². The molecule has 0 aliphatic carbocycles. The van der Waals surface area contributed by atoms with E-state index < -0.39 is 22.5 Å². The molecule has 1 aliphatic heterocycles. The molecule has 1 atom stereocenters. The largest absolute Gasteiger partial charge is 0.463 e. The van der Waals surface area contributed by atoms with Gasteiger partial charge in [0.15, 0.2) is 4.80 Å². The van der Waals surface area contributed by atoms with Crippen molar-refractivity contribution in [3.63, 3.8) is 0 Å². The Balaban J connectivity index is 1.66. The highest BCUT2D eigenvalue weighted by Gasteiger charge is 2.34. The van der Waals surface area contributed by atoms with Crippen molar-refractivity contribution in [1.82, 2.24) is 4.57 Å². The van der Waals surface area contributed by atoms with Gasteiger partial charge in [-0.1, -0.05) is 51.5 Å². The number of halogens is 1. The van der Waals surface area contributed by atoms with Crippen molar-refractivity contribution in [3.8, 4) is 11.3 Å². The summed E-state index contributed by atoms with van der Waals surface area (Å²) in [7, 11) is 0. The maximum absolute atomic E-state index is 13.8. The van der Waals surface area contributed by atoms with Gasteiger partial charge >= 0.3 is 5.97 Å². The maximum atomic E-state index is 13.8. The zero-order chi connectivity index (χ0) is 27.8. The van der Waals surface area contributed by atoms with Gasteiger partial charge in [-0.2, -0.15) is 0 Å². The molecule has 0 fully saturated rings. The molecule has 0 bridgehead atoms. The third-order valence-electron chi connectivity index (χ3n) is 6.29. The Morgan fingerprint density at radius 1 is 1.21 bits per heavy atom. The number of carbonyl (C=O) groups excluding carboxylic acids is 1. The van der Waals surface area contributed by atoms with Crippen LogP contribution in [0.25, 0.3) is 17.4 Å². The van der Waals surface area contributed by atoms with Gasteiger partial charge in [-0.05, 0) is 50.6 Å². The molecule has 39 heavy (non-hydrogen) atoms. The lowest BCUT2D eigenvalue weighted by molar-refractivity contribution is -0.385. The molecular weight excluding hydrogens is 586 g/mol. The number of hydrogen-bond acceptors (Lipinski definition) is 8. The summed E-state index contributed by atoms with van der Waals surface area (Å²) in [4.78, 5) is 42.9. The second-order valence-corrected chi connectivity index (χ2v) is 10.7. The van der Waals surface area contributed by atoms with Gasteiger partial charge in [0.2, 0.25) is 0 Å². The van der Waals surface area contributed by atoms with Gasteiger partial charge < -0.3 is 9.15 Å². The predicted octanol–water partition coefficient (Wildman–Crippen LogP) is 5.04. The van der Waals surface area contributed by atoms with Crippen LogP contribution in [0.3, 0.4) is 0 Å². The van der Waals surface area contributed by atoms with Crippen molar-refractivity contribution in [1.29, 1.82) is 0 Å². The Morgan fingerprint density at radius 3 is 2.64 bits per heavy atom. The third-order valence-corrected chi connectivity index (χ3v) is 7.80. The number of carbonyl (C=O) groups is 1. The summed E-state index contributed by atoms with van der Waals surface area (Å²) in [5.74, 6) is 0.486. The van der Waals surface area contributed by atoms with E-state index in [-0.39, 0.29) is 17.9 Å². The molecule has 9 nitrogen and oxygen atoms in total. The topological polar surface area (TPSA) is 117 Å². The minimum atomic E-state index is -0.948. The number of hydrogen-bond donors (Lipinski definition) is 0. The predicted molar refractivity (Wildman–Crippen MR) is 150 cm³/mol. The van der Waals surface area contributed by atoms with Gasteiger partial charge in [-0.25, -0.2) is 9.79 Å². The van der Waals surface area contributed by atoms with Crippen LogP contribution in [0.4, 0.5) is 5.69 Å². The van der Waals surface area contributed by atoms with Gasteiger partial charge in [0.1, 0.15) is 11.5 Å². The van der Waals surface area contributed by atoms with Crippen LogP contribution in [0.2, 0.25) is 0 Å². The number of aryl methyl sites for hydroxylation is 1. The SMILES string of the molecule is CCOC(=O)C1=C(C)N=c2s/c(=C/c3ccc(-c4ccc(Br)cc4)o3)c(=O)n2[C@@H]1c1ccc(C)c([N+](=O)[O-])c1. The number of benzene rings is 2. The van der Waals surface area contributed by atoms with Crippen LogP contribution in [-0.4, -0.2) is 22.1 Å². The summed E-state index contributed by atoms with van der Waals surface area (Å²) in [5.41, 5.74) is 1.79. The summed E-state index contributed by atoms with van der Waals surface area (Å²) in [6.45, 7) is 5.10. The van der Waals surface area contributed by atoms with Crippen LogP contribution in [0.15, 0.2) is 84.5 Å². The van der Waals surface area contributed by atoms with Gasteiger partial charge in [0, 0.05) is 27.7 Å². The lowest BCUT2D eigenvalue weighted by atomic mass is 9.94. The molecule has 0 saturated carbocycles. The van der Waals surface area contributed by atoms with Crippen molar-refractivity contribution < 1.29 is 18.9 Å². The van der Waals surface area contributed by atoms with E-state index in [2.05, 4.69) is 20.9 Å². The molecule has 0 unspecified atom stereocenters. The first-order valence-corrected chi connectivity index (χ1v) is 13.6. The van der Waals surface area contributed by atoms with Gasteiger partial charge in [0.05, 0.1) is 33.4 Å². The van der Waals surface area contributed by atoms with Crippen molar-refractivity contribution in [3.05, 3.63) is 117 Å². The molecule has 0 amide bonds. The van der Waals surface area contributed by atoms with E-state index in [1.54, 1.807) is 45.0 Å². The number of furan rings is 1. The second-order valence-electron chi connectivity index (χ2n) is 8.81. The number of allylic oxidation sites excluding steroid dienone is 1. The average Bonchev–Trinajstić information content (AvgIpc) is 3.48. The standard InChI is InChI=1S/C28H22BrN3O6S/c1-4-37-27(34)24-16(3)30-28-31(25(24)18-6-5-15(2)21(13-18)32(35)36)26(33)23(39-28)14-20-11-12-22(38-20)17-7-9-19(29)10-8-17/h5-14,25H,4H2,1-3H3/b23-14+/t25-/m1/s1. The first-order chi connectivity index (χ1) is 18.7. The Hall–Kier alpha value is -4.09. The van der Waals surface area contributed by atoms with E-state index in [1.807, 2.05) is 30.3 Å². The fourth-order valence-electron chi connectivity index (χ4n) is 4.43. The van der Waals surface area contributed by atoms with Crippen LogP contribution in [0.1, 0.15) is 36.8 Å². The summed E-state index contributed by atoms with van der Waals surface area (Å²) in [5, 5.41) is 11.7. The van der Waals surface area contributed by atoms with E-state index in [9.17, 15) is 19.7 Å². The first-order valence-electron chi connectivity index (χ1n) is 12.0. The fourth-order valence-corrected chi connectivity index (χ4v) is 5.72. The molecule has 0 saturated heterocycles. The lowest BCUT2D eigenvalue weighted by Crippen LogP contribution is -2.40. The van der Waals surface area contributed by atoms with Crippen LogP contribution >= 0.6 is 27.3 Å². The Labute approximate surface area is 234 Å². The van der Waals surface area contributed by atoms with Gasteiger partial charge in [0.25, 0.3) is 11.2 Å². The van der Waals surface area contributed by atoms with Crippen molar-refractivity contribution >= 4 is 45.0 Å². The number of rotatable bonds is 6. The minimum Gasteiger partial charge on any atom is -0.463 e. The van der Waals surface area contributed by atoms with Gasteiger partial charge in [-0.15, -0.1) is 0 Å². The van der Waals surface area contributed by atoms with Crippen molar-refractivity contribution in [2.75, 3.05) is 6.61 Å². The highest BCUT2D eigenvalue weighted by atomic mass is 79.9. The molecule has 0 radical (unpaired) electrons.